The first-order valence-corrected chi connectivity index (χ1v) is 4.19. The molecule has 0 unspecified atom stereocenters. The summed E-state index contributed by atoms with van der Waals surface area (Å²) in [7, 11) is 1.43. The number of carbonyl (C=O) groups is 3. The Labute approximate surface area is 80.7 Å². The number of likely N-dealkylation sites (N-methyl/N-ethyl adjacent to an activating group) is 1. The van der Waals surface area contributed by atoms with E-state index in [1.807, 2.05) is 0 Å². The van der Waals surface area contributed by atoms with Gasteiger partial charge >= 0.3 is 5.97 Å². The second-order valence-corrected chi connectivity index (χ2v) is 3.45. The predicted octanol–water partition coefficient (Wildman–Crippen LogP) is -1.35. The van der Waals surface area contributed by atoms with Crippen molar-refractivity contribution >= 4 is 17.8 Å². The van der Waals surface area contributed by atoms with Gasteiger partial charge in [-0.1, -0.05) is 0 Å². The van der Waals surface area contributed by atoms with E-state index >= 15 is 0 Å². The van der Waals surface area contributed by atoms with Gasteiger partial charge in [-0.15, -0.1) is 0 Å². The topological polar surface area (TPSA) is 101 Å². The number of amides is 2. The summed E-state index contributed by atoms with van der Waals surface area (Å²) in [6.07, 6.45) is 0.358. The summed E-state index contributed by atoms with van der Waals surface area (Å²) in [6, 6.07) is 0. The Balaban J connectivity index is 2.44. The Morgan fingerprint density at radius 2 is 2.00 bits per heavy atom. The molecule has 78 valence electrons. The molecule has 1 aliphatic carbocycles. The first-order chi connectivity index (χ1) is 6.43. The molecule has 0 spiro atoms. The summed E-state index contributed by atoms with van der Waals surface area (Å²) in [5.41, 5.74) is 4.90. The summed E-state index contributed by atoms with van der Waals surface area (Å²) < 4.78 is 0. The fraction of sp³-hybridized carbons (Fsp3) is 0.625. The molecule has 0 aliphatic heterocycles. The van der Waals surface area contributed by atoms with Gasteiger partial charge in [0.05, 0.1) is 18.4 Å². The predicted molar refractivity (Wildman–Crippen MR) is 46.1 cm³/mol. The number of carbonyl (C=O) groups excluding carboxylic acids is 2. The molecule has 0 aromatic carbocycles. The maximum absolute atomic E-state index is 11.4. The van der Waals surface area contributed by atoms with E-state index < -0.39 is 23.7 Å². The van der Waals surface area contributed by atoms with Crippen LogP contribution in [0.5, 0.6) is 0 Å². The average molecular weight is 200 g/mol. The van der Waals surface area contributed by atoms with Crippen LogP contribution in [0.3, 0.4) is 0 Å². The lowest BCUT2D eigenvalue weighted by atomic mass is 10.3. The zero-order valence-electron chi connectivity index (χ0n) is 7.77. The van der Waals surface area contributed by atoms with Crippen LogP contribution in [0, 0.1) is 11.8 Å². The van der Waals surface area contributed by atoms with Gasteiger partial charge in [-0.3, -0.25) is 14.4 Å². The van der Waals surface area contributed by atoms with Crippen molar-refractivity contribution in [1.82, 2.24) is 4.90 Å². The third-order valence-electron chi connectivity index (χ3n) is 2.19. The molecule has 3 N–H and O–H groups in total. The smallest absolute Gasteiger partial charge is 0.307 e. The molecule has 1 aliphatic rings. The van der Waals surface area contributed by atoms with Crippen LogP contribution < -0.4 is 5.73 Å². The molecule has 0 radical (unpaired) electrons. The highest BCUT2D eigenvalue weighted by Gasteiger charge is 2.49. The minimum atomic E-state index is -0.962. The van der Waals surface area contributed by atoms with Gasteiger partial charge in [0.15, 0.2) is 0 Å². The number of hydrogen-bond acceptors (Lipinski definition) is 3. The van der Waals surface area contributed by atoms with Crippen LogP contribution in [0.25, 0.3) is 0 Å². The van der Waals surface area contributed by atoms with Crippen molar-refractivity contribution in [2.75, 3.05) is 13.6 Å². The highest BCUT2D eigenvalue weighted by molar-refractivity contribution is 5.91. The van der Waals surface area contributed by atoms with E-state index in [-0.39, 0.29) is 12.5 Å². The van der Waals surface area contributed by atoms with Crippen molar-refractivity contribution in [1.29, 1.82) is 0 Å². The largest absolute Gasteiger partial charge is 0.481 e. The Kier molecular flexibility index (Phi) is 2.73. The first-order valence-electron chi connectivity index (χ1n) is 4.19. The van der Waals surface area contributed by atoms with E-state index in [4.69, 9.17) is 10.8 Å². The number of nitrogens with two attached hydrogens (primary N) is 1. The zero-order chi connectivity index (χ0) is 10.9. The second-order valence-electron chi connectivity index (χ2n) is 3.45. The molecule has 0 aromatic rings. The van der Waals surface area contributed by atoms with Gasteiger partial charge < -0.3 is 15.7 Å². The van der Waals surface area contributed by atoms with E-state index in [1.54, 1.807) is 0 Å². The van der Waals surface area contributed by atoms with Crippen molar-refractivity contribution < 1.29 is 19.5 Å². The Bertz CT molecular complexity index is 285. The molecule has 6 nitrogen and oxygen atoms in total. The summed E-state index contributed by atoms with van der Waals surface area (Å²) in [5, 5.41) is 8.57. The van der Waals surface area contributed by atoms with E-state index in [2.05, 4.69) is 0 Å². The molecule has 14 heavy (non-hydrogen) atoms. The molecule has 1 fully saturated rings. The second kappa shape index (κ2) is 3.65. The summed E-state index contributed by atoms with van der Waals surface area (Å²) >= 11 is 0. The summed E-state index contributed by atoms with van der Waals surface area (Å²) in [6.45, 7) is -0.165. The number of primary amides is 1. The fourth-order valence-corrected chi connectivity index (χ4v) is 1.34. The van der Waals surface area contributed by atoms with Gasteiger partial charge in [0.25, 0.3) is 0 Å². The van der Waals surface area contributed by atoms with E-state index in [0.717, 1.165) is 4.90 Å². The van der Waals surface area contributed by atoms with Gasteiger partial charge in [0.1, 0.15) is 0 Å². The highest BCUT2D eigenvalue weighted by atomic mass is 16.4. The van der Waals surface area contributed by atoms with Gasteiger partial charge in [-0.25, -0.2) is 0 Å². The lowest BCUT2D eigenvalue weighted by Crippen LogP contribution is -2.36. The Morgan fingerprint density at radius 1 is 1.43 bits per heavy atom. The number of carboxylic acids is 1. The van der Waals surface area contributed by atoms with Gasteiger partial charge in [-0.05, 0) is 6.42 Å². The van der Waals surface area contributed by atoms with Crippen LogP contribution in [-0.4, -0.2) is 41.4 Å². The van der Waals surface area contributed by atoms with Crippen molar-refractivity contribution in [2.45, 2.75) is 6.42 Å². The molecular weight excluding hydrogens is 188 g/mol. The summed E-state index contributed by atoms with van der Waals surface area (Å²) in [4.78, 5) is 33.5. The van der Waals surface area contributed by atoms with Crippen LogP contribution >= 0.6 is 0 Å². The van der Waals surface area contributed by atoms with Gasteiger partial charge in [0.2, 0.25) is 11.8 Å². The van der Waals surface area contributed by atoms with E-state index in [9.17, 15) is 14.4 Å². The molecule has 0 aromatic heterocycles. The van der Waals surface area contributed by atoms with Crippen molar-refractivity contribution in [3.8, 4) is 0 Å². The minimum absolute atomic E-state index is 0.165. The number of rotatable bonds is 4. The fourth-order valence-electron chi connectivity index (χ4n) is 1.34. The molecule has 0 bridgehead atoms. The molecule has 0 heterocycles. The average Bonchev–Trinajstić information content (AvgIpc) is 2.80. The Morgan fingerprint density at radius 3 is 2.36 bits per heavy atom. The van der Waals surface area contributed by atoms with E-state index in [1.165, 1.54) is 7.05 Å². The standard InChI is InChI=1S/C8H12N2O4/c1-10(3-6(9)11)7(12)4-2-5(4)8(13)14/h4-5H,2-3H2,1H3,(H2,9,11)(H,13,14)/t4-,5+/m1/s1. The van der Waals surface area contributed by atoms with Crippen molar-refractivity contribution in [3.05, 3.63) is 0 Å². The Hall–Kier alpha value is -1.59. The third-order valence-corrected chi connectivity index (χ3v) is 2.19. The van der Waals surface area contributed by atoms with E-state index in [0.29, 0.717) is 6.42 Å². The molecular formula is C8H12N2O4. The van der Waals surface area contributed by atoms with Crippen LogP contribution in [0.15, 0.2) is 0 Å². The SMILES string of the molecule is CN(CC(N)=O)C(=O)[C@@H]1C[C@@H]1C(=O)O. The summed E-state index contributed by atoms with van der Waals surface area (Å²) in [5.74, 6) is -2.95. The normalized spacial score (nSPS) is 24.1. The molecule has 2 amide bonds. The van der Waals surface area contributed by atoms with Gasteiger partial charge in [-0.2, -0.15) is 0 Å². The molecule has 2 atom stereocenters. The minimum Gasteiger partial charge on any atom is -0.481 e. The first kappa shape index (κ1) is 10.5. The highest BCUT2D eigenvalue weighted by Crippen LogP contribution is 2.39. The lowest BCUT2D eigenvalue weighted by molar-refractivity contribution is -0.142. The molecule has 0 saturated heterocycles. The number of nitrogens with zero attached hydrogens (tertiary/aromatic N) is 1. The number of aliphatic carboxylic acids is 1. The van der Waals surface area contributed by atoms with Crippen molar-refractivity contribution in [2.24, 2.45) is 17.6 Å². The molecule has 1 rings (SSSR count). The molecule has 1 saturated carbocycles. The van der Waals surface area contributed by atoms with Crippen LogP contribution in [0.2, 0.25) is 0 Å². The van der Waals surface area contributed by atoms with Crippen molar-refractivity contribution in [3.63, 3.8) is 0 Å². The number of carboxylic acid groups (broad SMARTS) is 1. The maximum Gasteiger partial charge on any atom is 0.307 e. The maximum atomic E-state index is 11.4. The third kappa shape index (κ3) is 2.21. The quantitative estimate of drug-likeness (QED) is 0.585. The molecule has 6 heteroatoms. The van der Waals surface area contributed by atoms with Crippen LogP contribution in [0.4, 0.5) is 0 Å². The zero-order valence-corrected chi connectivity index (χ0v) is 7.77. The van der Waals surface area contributed by atoms with Crippen LogP contribution in [-0.2, 0) is 14.4 Å². The monoisotopic (exact) mass is 200 g/mol. The van der Waals surface area contributed by atoms with Gasteiger partial charge in [0, 0.05) is 7.05 Å². The number of hydrogen-bond donors (Lipinski definition) is 2. The van der Waals surface area contributed by atoms with Crippen LogP contribution in [0.1, 0.15) is 6.42 Å². The lowest BCUT2D eigenvalue weighted by Gasteiger charge is -2.14.